The van der Waals surface area contributed by atoms with Crippen molar-refractivity contribution in [1.29, 1.82) is 0 Å². The van der Waals surface area contributed by atoms with Crippen LogP contribution in [0.4, 0.5) is 0 Å². The second-order valence-corrected chi connectivity index (χ2v) is 4.58. The van der Waals surface area contributed by atoms with Crippen LogP contribution in [0.5, 0.6) is 0 Å². The number of rotatable bonds is 12. The maximum atomic E-state index is 5.63. The van der Waals surface area contributed by atoms with Gasteiger partial charge in [0.25, 0.3) is 0 Å². The van der Waals surface area contributed by atoms with Crippen LogP contribution >= 0.6 is 0 Å². The van der Waals surface area contributed by atoms with Gasteiger partial charge in [0.1, 0.15) is 0 Å². The number of unbranched alkanes of at least 4 members (excludes halogenated alkanes) is 7. The Morgan fingerprint density at radius 3 is 1.94 bits per heavy atom. The van der Waals surface area contributed by atoms with E-state index in [0.717, 1.165) is 13.0 Å². The first-order valence-electron chi connectivity index (χ1n) is 7.16. The third-order valence-electron chi connectivity index (χ3n) is 3.04. The lowest BCUT2D eigenvalue weighted by Gasteiger charge is -2.14. The average molecular weight is 229 g/mol. The molecule has 0 aromatic carbocycles. The second-order valence-electron chi connectivity index (χ2n) is 4.58. The summed E-state index contributed by atoms with van der Waals surface area (Å²) < 4.78 is 5.53. The van der Waals surface area contributed by atoms with E-state index < -0.39 is 0 Å². The molecule has 2 heteroatoms. The topological polar surface area (TPSA) is 35.2 Å². The largest absolute Gasteiger partial charge is 0.377 e. The number of hydrogen-bond donors (Lipinski definition) is 1. The molecule has 0 aliphatic rings. The highest BCUT2D eigenvalue weighted by atomic mass is 16.5. The summed E-state index contributed by atoms with van der Waals surface area (Å²) in [5.74, 6) is 0. The van der Waals surface area contributed by atoms with Crippen molar-refractivity contribution in [2.24, 2.45) is 5.73 Å². The molecule has 0 aliphatic carbocycles. The highest BCUT2D eigenvalue weighted by Crippen LogP contribution is 2.11. The molecule has 0 aliphatic heterocycles. The van der Waals surface area contributed by atoms with Crippen molar-refractivity contribution in [2.75, 3.05) is 13.2 Å². The van der Waals surface area contributed by atoms with Crippen LogP contribution in [0.1, 0.15) is 71.6 Å². The summed E-state index contributed by atoms with van der Waals surface area (Å²) in [7, 11) is 0. The molecule has 2 N–H and O–H groups in total. The first kappa shape index (κ1) is 15.9. The molecule has 0 bridgehead atoms. The molecule has 0 spiro atoms. The van der Waals surface area contributed by atoms with Crippen molar-refractivity contribution in [3.05, 3.63) is 0 Å². The quantitative estimate of drug-likeness (QED) is 0.515. The van der Waals surface area contributed by atoms with Gasteiger partial charge in [-0.3, -0.25) is 0 Å². The first-order chi connectivity index (χ1) is 7.85. The lowest BCUT2D eigenvalue weighted by atomic mass is 10.1. The van der Waals surface area contributed by atoms with Gasteiger partial charge in [0, 0.05) is 13.2 Å². The Bertz CT molecular complexity index is 128. The van der Waals surface area contributed by atoms with Gasteiger partial charge in [-0.1, -0.05) is 58.3 Å². The molecule has 0 radical (unpaired) electrons. The SMILES string of the molecule is CCCCCCCCCCC(CN)OCC. The second kappa shape index (κ2) is 13.0. The van der Waals surface area contributed by atoms with Crippen LogP contribution in [-0.4, -0.2) is 19.3 Å². The molecule has 0 fully saturated rings. The van der Waals surface area contributed by atoms with Crippen molar-refractivity contribution in [3.63, 3.8) is 0 Å². The molecular formula is C14H31NO. The van der Waals surface area contributed by atoms with E-state index in [-0.39, 0.29) is 0 Å². The standard InChI is InChI=1S/C14H31NO/c1-3-5-6-7-8-9-10-11-12-14(13-15)16-4-2/h14H,3-13,15H2,1-2H3. The lowest BCUT2D eigenvalue weighted by Crippen LogP contribution is -2.23. The van der Waals surface area contributed by atoms with E-state index in [1.807, 2.05) is 6.92 Å². The van der Waals surface area contributed by atoms with Crippen LogP contribution in [0.2, 0.25) is 0 Å². The molecule has 1 unspecified atom stereocenters. The minimum Gasteiger partial charge on any atom is -0.377 e. The maximum Gasteiger partial charge on any atom is 0.0697 e. The van der Waals surface area contributed by atoms with Crippen LogP contribution in [0.15, 0.2) is 0 Å². The van der Waals surface area contributed by atoms with Gasteiger partial charge in [0.15, 0.2) is 0 Å². The van der Waals surface area contributed by atoms with E-state index in [1.54, 1.807) is 0 Å². The summed E-state index contributed by atoms with van der Waals surface area (Å²) in [6, 6.07) is 0. The van der Waals surface area contributed by atoms with Gasteiger partial charge >= 0.3 is 0 Å². The third kappa shape index (κ3) is 10.4. The van der Waals surface area contributed by atoms with Crippen molar-refractivity contribution in [2.45, 2.75) is 77.7 Å². The van der Waals surface area contributed by atoms with E-state index >= 15 is 0 Å². The molecule has 0 aromatic rings. The predicted molar refractivity (Wildman–Crippen MR) is 71.7 cm³/mol. The molecule has 0 saturated carbocycles. The summed E-state index contributed by atoms with van der Waals surface area (Å²) in [4.78, 5) is 0. The van der Waals surface area contributed by atoms with E-state index in [0.29, 0.717) is 12.6 Å². The smallest absolute Gasteiger partial charge is 0.0697 e. The summed E-state index contributed by atoms with van der Waals surface area (Å²) in [6.45, 7) is 5.76. The van der Waals surface area contributed by atoms with Crippen molar-refractivity contribution < 1.29 is 4.74 Å². The molecule has 0 amide bonds. The maximum absolute atomic E-state index is 5.63. The first-order valence-corrected chi connectivity index (χ1v) is 7.16. The van der Waals surface area contributed by atoms with E-state index in [4.69, 9.17) is 10.5 Å². The highest BCUT2D eigenvalue weighted by Gasteiger charge is 2.04. The zero-order valence-corrected chi connectivity index (χ0v) is 11.3. The lowest BCUT2D eigenvalue weighted by molar-refractivity contribution is 0.0611. The van der Waals surface area contributed by atoms with Crippen molar-refractivity contribution >= 4 is 0 Å². The molecule has 2 nitrogen and oxygen atoms in total. The highest BCUT2D eigenvalue weighted by molar-refractivity contribution is 4.58. The van der Waals surface area contributed by atoms with Gasteiger partial charge in [-0.05, 0) is 13.3 Å². The van der Waals surface area contributed by atoms with E-state index in [9.17, 15) is 0 Å². The molecular weight excluding hydrogens is 198 g/mol. The summed E-state index contributed by atoms with van der Waals surface area (Å²) >= 11 is 0. The zero-order valence-electron chi connectivity index (χ0n) is 11.3. The Labute approximate surface area is 102 Å². The van der Waals surface area contributed by atoms with Gasteiger partial charge in [0.05, 0.1) is 6.10 Å². The fourth-order valence-corrected chi connectivity index (χ4v) is 2.01. The van der Waals surface area contributed by atoms with Gasteiger partial charge in [-0.2, -0.15) is 0 Å². The third-order valence-corrected chi connectivity index (χ3v) is 3.04. The van der Waals surface area contributed by atoms with E-state index in [1.165, 1.54) is 51.4 Å². The molecule has 98 valence electrons. The van der Waals surface area contributed by atoms with Crippen LogP contribution in [0.3, 0.4) is 0 Å². The van der Waals surface area contributed by atoms with Crippen LogP contribution in [0, 0.1) is 0 Å². The fraction of sp³-hybridized carbons (Fsp3) is 1.00. The average Bonchev–Trinajstić information content (AvgIpc) is 2.31. The monoisotopic (exact) mass is 229 g/mol. The van der Waals surface area contributed by atoms with Crippen molar-refractivity contribution in [1.82, 2.24) is 0 Å². The number of nitrogens with two attached hydrogens (primary N) is 1. The molecule has 0 aromatic heterocycles. The van der Waals surface area contributed by atoms with Crippen molar-refractivity contribution in [3.8, 4) is 0 Å². The van der Waals surface area contributed by atoms with Crippen LogP contribution in [-0.2, 0) is 4.74 Å². The Hall–Kier alpha value is -0.0800. The Kier molecular flexibility index (Phi) is 12.9. The number of hydrogen-bond acceptors (Lipinski definition) is 2. The normalized spacial score (nSPS) is 12.9. The summed E-state index contributed by atoms with van der Waals surface area (Å²) in [5.41, 5.74) is 5.63. The minimum atomic E-state index is 0.296. The molecule has 0 heterocycles. The Morgan fingerprint density at radius 1 is 0.875 bits per heavy atom. The van der Waals surface area contributed by atoms with Gasteiger partial charge in [-0.15, -0.1) is 0 Å². The van der Waals surface area contributed by atoms with Gasteiger partial charge < -0.3 is 10.5 Å². The Balaban J connectivity index is 3.12. The summed E-state index contributed by atoms with van der Waals surface area (Å²) in [5, 5.41) is 0. The predicted octanol–water partition coefficient (Wildman–Crippen LogP) is 3.88. The minimum absolute atomic E-state index is 0.296. The molecule has 0 rings (SSSR count). The molecule has 1 atom stereocenters. The Morgan fingerprint density at radius 2 is 1.44 bits per heavy atom. The zero-order chi connectivity index (χ0) is 12.1. The van der Waals surface area contributed by atoms with Crippen LogP contribution in [0.25, 0.3) is 0 Å². The fourth-order valence-electron chi connectivity index (χ4n) is 2.01. The van der Waals surface area contributed by atoms with Gasteiger partial charge in [0.2, 0.25) is 0 Å². The van der Waals surface area contributed by atoms with E-state index in [2.05, 4.69) is 6.92 Å². The molecule has 16 heavy (non-hydrogen) atoms. The number of ether oxygens (including phenoxy) is 1. The molecule has 0 saturated heterocycles. The van der Waals surface area contributed by atoms with Crippen LogP contribution < -0.4 is 5.73 Å². The van der Waals surface area contributed by atoms with Gasteiger partial charge in [-0.25, -0.2) is 0 Å². The summed E-state index contributed by atoms with van der Waals surface area (Å²) in [6.07, 6.45) is 12.4.